The molecular formula is C34H33Cl2N7O4S. The number of nitrogens with two attached hydrogens (primary N) is 1. The van der Waals surface area contributed by atoms with Gasteiger partial charge in [0.15, 0.2) is 5.13 Å². The van der Waals surface area contributed by atoms with Crippen LogP contribution in [0.4, 0.5) is 9.93 Å². The highest BCUT2D eigenvalue weighted by Gasteiger charge is 2.52. The number of carbonyl (C=O) groups excluding carboxylic acids is 3. The molecule has 0 bridgehead atoms. The van der Waals surface area contributed by atoms with Gasteiger partial charge in [0, 0.05) is 31.4 Å². The minimum atomic E-state index is -0.784. The summed E-state index contributed by atoms with van der Waals surface area (Å²) in [7, 11) is 0. The van der Waals surface area contributed by atoms with Gasteiger partial charge < -0.3 is 25.3 Å². The van der Waals surface area contributed by atoms with Crippen molar-refractivity contribution in [3.8, 4) is 0 Å². The van der Waals surface area contributed by atoms with Crippen LogP contribution in [0.5, 0.6) is 0 Å². The van der Waals surface area contributed by atoms with Crippen molar-refractivity contribution in [3.05, 3.63) is 93.7 Å². The Kier molecular flexibility index (Phi) is 8.90. The Balaban J connectivity index is 1.20. The Morgan fingerprint density at radius 2 is 1.94 bits per heavy atom. The first-order valence-electron chi connectivity index (χ1n) is 15.7. The number of nitrogen functional groups attached to an aromatic ring is 1. The molecule has 2 saturated heterocycles. The van der Waals surface area contributed by atoms with Crippen LogP contribution in [-0.4, -0.2) is 74.5 Å². The molecule has 4 amide bonds. The molecule has 2 atom stereocenters. The third-order valence-electron chi connectivity index (χ3n) is 8.80. The van der Waals surface area contributed by atoms with E-state index in [4.69, 9.17) is 33.4 Å². The number of rotatable bonds is 9. The number of nitrogens with one attached hydrogen (secondary N) is 1. The number of para-hydroxylation sites is 1. The molecule has 2 aromatic heterocycles. The summed E-state index contributed by atoms with van der Waals surface area (Å²) < 4.78 is 6.46. The predicted molar refractivity (Wildman–Crippen MR) is 186 cm³/mol. The maximum atomic E-state index is 14.4. The SMILES string of the molecule is CCCN(C(=O)NCc1ccc(Cl)c(Cl)c1)N1CC(=O)N2[C@@H](Cc3ccc4occc4c3)C(=O)N(Cc3cccc4sc(N)nc34)C[C@@H]21. The molecule has 14 heteroatoms. The number of urea groups is 1. The van der Waals surface area contributed by atoms with E-state index in [2.05, 4.69) is 10.3 Å². The number of anilines is 1. The zero-order valence-corrected chi connectivity index (χ0v) is 28.4. The van der Waals surface area contributed by atoms with Crippen LogP contribution in [0, 0.1) is 0 Å². The molecule has 11 nitrogen and oxygen atoms in total. The van der Waals surface area contributed by atoms with Crippen molar-refractivity contribution in [2.24, 2.45) is 0 Å². The molecule has 2 aliphatic rings. The van der Waals surface area contributed by atoms with E-state index < -0.39 is 12.2 Å². The van der Waals surface area contributed by atoms with Gasteiger partial charge in [-0.1, -0.05) is 65.7 Å². The van der Waals surface area contributed by atoms with Gasteiger partial charge in [-0.2, -0.15) is 5.01 Å². The van der Waals surface area contributed by atoms with Crippen LogP contribution in [0.1, 0.15) is 30.0 Å². The standard InChI is InChI=1S/C34H33Cl2N7O4S/c1-2-11-41(34(46)38-16-21-6-8-24(35)25(36)14-21)42-19-30(44)43-26(15-20-7-9-27-22(13-20)10-12-47-27)32(45)40(18-29(42)43)17-23-4-3-5-28-31(23)39-33(37)48-28/h3-10,12-14,26,29H,2,11,15-19H2,1H3,(H2,37,39)(H,38,46)/t26-,29+/m0/s1. The molecule has 4 heterocycles. The van der Waals surface area contributed by atoms with Gasteiger partial charge in [-0.3, -0.25) is 14.6 Å². The number of halogens is 2. The first-order valence-corrected chi connectivity index (χ1v) is 17.2. The van der Waals surface area contributed by atoms with Crippen LogP contribution in [0.15, 0.2) is 71.3 Å². The summed E-state index contributed by atoms with van der Waals surface area (Å²) in [4.78, 5) is 49.9. The van der Waals surface area contributed by atoms with E-state index in [0.29, 0.717) is 34.6 Å². The van der Waals surface area contributed by atoms with E-state index in [9.17, 15) is 14.4 Å². The molecule has 5 aromatic rings. The zero-order valence-electron chi connectivity index (χ0n) is 26.1. The van der Waals surface area contributed by atoms with E-state index in [-0.39, 0.29) is 44.0 Å². The largest absolute Gasteiger partial charge is 0.464 e. The van der Waals surface area contributed by atoms with Crippen LogP contribution in [0.2, 0.25) is 10.0 Å². The second-order valence-corrected chi connectivity index (χ2v) is 13.8. The monoisotopic (exact) mass is 705 g/mol. The fourth-order valence-electron chi connectivity index (χ4n) is 6.59. The molecule has 2 aliphatic heterocycles. The maximum absolute atomic E-state index is 14.4. The lowest BCUT2D eigenvalue weighted by Gasteiger charge is -2.46. The van der Waals surface area contributed by atoms with Gasteiger partial charge >= 0.3 is 6.03 Å². The van der Waals surface area contributed by atoms with Gasteiger partial charge in [0.05, 0.1) is 39.6 Å². The van der Waals surface area contributed by atoms with Gasteiger partial charge in [0.25, 0.3) is 0 Å². The Morgan fingerprint density at radius 3 is 2.75 bits per heavy atom. The number of benzene rings is 3. The van der Waals surface area contributed by atoms with Crippen LogP contribution in [0.25, 0.3) is 21.2 Å². The van der Waals surface area contributed by atoms with Gasteiger partial charge in [0.1, 0.15) is 17.8 Å². The quantitative estimate of drug-likeness (QED) is 0.196. The molecule has 3 N–H and O–H groups in total. The Hall–Kier alpha value is -4.36. The van der Waals surface area contributed by atoms with Crippen LogP contribution >= 0.6 is 34.5 Å². The molecule has 0 spiro atoms. The molecule has 248 valence electrons. The fraction of sp³-hybridized carbons (Fsp3) is 0.294. The van der Waals surface area contributed by atoms with Crippen molar-refractivity contribution in [2.75, 3.05) is 25.4 Å². The van der Waals surface area contributed by atoms with Crippen molar-refractivity contribution < 1.29 is 18.8 Å². The molecular weight excluding hydrogens is 673 g/mol. The summed E-state index contributed by atoms with van der Waals surface area (Å²) in [6.45, 7) is 3.01. The van der Waals surface area contributed by atoms with Crippen molar-refractivity contribution in [1.29, 1.82) is 0 Å². The molecule has 7 rings (SSSR count). The lowest BCUT2D eigenvalue weighted by Crippen LogP contribution is -2.66. The number of fused-ring (bicyclic) bond motifs is 3. The van der Waals surface area contributed by atoms with Crippen molar-refractivity contribution in [3.63, 3.8) is 0 Å². The molecule has 0 aliphatic carbocycles. The Labute approximate surface area is 290 Å². The normalized spacial score (nSPS) is 18.2. The van der Waals surface area contributed by atoms with Crippen LogP contribution < -0.4 is 11.1 Å². The van der Waals surface area contributed by atoms with E-state index in [1.54, 1.807) is 44.3 Å². The van der Waals surface area contributed by atoms with Gasteiger partial charge in [-0.25, -0.2) is 9.78 Å². The second-order valence-electron chi connectivity index (χ2n) is 12.0. The predicted octanol–water partition coefficient (Wildman–Crippen LogP) is 5.89. The third kappa shape index (κ3) is 6.16. The Bertz CT molecular complexity index is 2030. The summed E-state index contributed by atoms with van der Waals surface area (Å²) in [5.74, 6) is -0.379. The summed E-state index contributed by atoms with van der Waals surface area (Å²) in [5, 5.41) is 8.55. The number of amides is 4. The number of hydrazine groups is 1. The van der Waals surface area contributed by atoms with Crippen LogP contribution in [0.3, 0.4) is 0 Å². The highest BCUT2D eigenvalue weighted by atomic mass is 35.5. The number of aromatic nitrogens is 1. The fourth-order valence-corrected chi connectivity index (χ4v) is 7.69. The topological polar surface area (TPSA) is 128 Å². The van der Waals surface area contributed by atoms with Gasteiger partial charge in [-0.15, -0.1) is 0 Å². The number of carbonyl (C=O) groups is 3. The smallest absolute Gasteiger partial charge is 0.332 e. The lowest BCUT2D eigenvalue weighted by atomic mass is 9.99. The minimum Gasteiger partial charge on any atom is -0.464 e. The van der Waals surface area contributed by atoms with E-state index in [0.717, 1.165) is 37.9 Å². The average molecular weight is 707 g/mol. The average Bonchev–Trinajstić information content (AvgIpc) is 3.78. The number of furan rings is 1. The lowest BCUT2D eigenvalue weighted by molar-refractivity contribution is -0.157. The minimum absolute atomic E-state index is 0.0402. The number of nitrogens with zero attached hydrogens (tertiary/aromatic N) is 5. The molecule has 0 unspecified atom stereocenters. The number of hydrogen-bond acceptors (Lipinski definition) is 8. The Morgan fingerprint density at radius 1 is 1.10 bits per heavy atom. The third-order valence-corrected chi connectivity index (χ3v) is 10.4. The first-order chi connectivity index (χ1) is 23.2. The van der Waals surface area contributed by atoms with Crippen molar-refractivity contribution >= 4 is 78.7 Å². The second kappa shape index (κ2) is 13.3. The summed E-state index contributed by atoms with van der Waals surface area (Å²) in [6.07, 6.45) is 2.01. The highest BCUT2D eigenvalue weighted by Crippen LogP contribution is 2.33. The number of thiazole rings is 1. The summed E-state index contributed by atoms with van der Waals surface area (Å²) >= 11 is 13.7. The van der Waals surface area contributed by atoms with Gasteiger partial charge in [0.2, 0.25) is 11.8 Å². The van der Waals surface area contributed by atoms with Crippen LogP contribution in [-0.2, 0) is 29.1 Å². The van der Waals surface area contributed by atoms with E-state index >= 15 is 0 Å². The zero-order chi connectivity index (χ0) is 33.5. The van der Waals surface area contributed by atoms with E-state index in [1.807, 2.05) is 49.4 Å². The van der Waals surface area contributed by atoms with E-state index in [1.165, 1.54) is 11.3 Å². The molecule has 2 fully saturated rings. The van der Waals surface area contributed by atoms with Crippen molar-refractivity contribution in [2.45, 2.75) is 45.1 Å². The molecule has 48 heavy (non-hydrogen) atoms. The summed E-state index contributed by atoms with van der Waals surface area (Å²) in [5.41, 5.74) is 10.1. The maximum Gasteiger partial charge on any atom is 0.332 e. The number of piperazine rings is 1. The molecule has 3 aromatic carbocycles. The number of hydrogen-bond donors (Lipinski definition) is 2. The first kappa shape index (κ1) is 32.2. The van der Waals surface area contributed by atoms with Crippen molar-refractivity contribution in [1.82, 2.24) is 30.1 Å². The highest BCUT2D eigenvalue weighted by molar-refractivity contribution is 7.22. The molecule has 0 radical (unpaired) electrons. The summed E-state index contributed by atoms with van der Waals surface area (Å²) in [6, 6.07) is 17.5. The van der Waals surface area contributed by atoms with Gasteiger partial charge in [-0.05, 0) is 59.5 Å². The molecule has 0 saturated carbocycles.